The fourth-order valence-corrected chi connectivity index (χ4v) is 3.74. The summed E-state index contributed by atoms with van der Waals surface area (Å²) in [6.45, 7) is 0. The van der Waals surface area contributed by atoms with Crippen LogP contribution in [0.25, 0.3) is 0 Å². The third-order valence-corrected chi connectivity index (χ3v) is 4.90. The van der Waals surface area contributed by atoms with E-state index in [1.165, 1.54) is 24.5 Å². The van der Waals surface area contributed by atoms with Gasteiger partial charge in [0.05, 0.1) is 14.6 Å². The first-order valence-corrected chi connectivity index (χ1v) is 8.25. The van der Waals surface area contributed by atoms with Gasteiger partial charge in [0.2, 0.25) is 0 Å². The second kappa shape index (κ2) is 5.66. The first-order valence-electron chi connectivity index (χ1n) is 5.18. The highest BCUT2D eigenvalue weighted by atomic mass is 79.9. The van der Waals surface area contributed by atoms with Crippen LogP contribution in [0.15, 0.2) is 44.4 Å². The number of nitrogens with one attached hydrogen (secondary N) is 1. The second-order valence-electron chi connectivity index (χ2n) is 3.78. The lowest BCUT2D eigenvalue weighted by Crippen LogP contribution is -2.15. The maximum Gasteiger partial charge on any atom is 0.264 e. The number of anilines is 2. The fourth-order valence-electron chi connectivity index (χ4n) is 1.44. The van der Waals surface area contributed by atoms with Gasteiger partial charge in [-0.1, -0.05) is 0 Å². The number of aromatic nitrogens is 1. The molecule has 1 aromatic carbocycles. The predicted octanol–water partition coefficient (Wildman–Crippen LogP) is 3.13. The number of hydrogen-bond donors (Lipinski definition) is 2. The third-order valence-electron chi connectivity index (χ3n) is 2.32. The molecule has 0 fully saturated rings. The van der Waals surface area contributed by atoms with Crippen molar-refractivity contribution in [3.8, 4) is 0 Å². The SMILES string of the molecule is Nc1cc(Br)c(F)c(S(=O)(=O)Nc2ccncc2Br)c1. The van der Waals surface area contributed by atoms with Gasteiger partial charge < -0.3 is 5.73 Å². The minimum absolute atomic E-state index is 0.0216. The summed E-state index contributed by atoms with van der Waals surface area (Å²) in [5.41, 5.74) is 5.92. The molecule has 9 heteroatoms. The third kappa shape index (κ3) is 3.10. The molecule has 0 atom stereocenters. The largest absolute Gasteiger partial charge is 0.399 e. The lowest BCUT2D eigenvalue weighted by atomic mass is 10.3. The average molecular weight is 425 g/mol. The van der Waals surface area contributed by atoms with Gasteiger partial charge >= 0.3 is 0 Å². The molecule has 0 amide bonds. The summed E-state index contributed by atoms with van der Waals surface area (Å²) in [5, 5.41) is 0. The first-order chi connectivity index (χ1) is 9.31. The summed E-state index contributed by atoms with van der Waals surface area (Å²) in [6.07, 6.45) is 2.83. The zero-order chi connectivity index (χ0) is 14.9. The van der Waals surface area contributed by atoms with E-state index >= 15 is 0 Å². The van der Waals surface area contributed by atoms with Gasteiger partial charge in [-0.3, -0.25) is 9.71 Å². The van der Waals surface area contributed by atoms with E-state index in [-0.39, 0.29) is 15.8 Å². The van der Waals surface area contributed by atoms with E-state index in [0.717, 1.165) is 6.07 Å². The zero-order valence-electron chi connectivity index (χ0n) is 9.77. The molecule has 0 aliphatic rings. The lowest BCUT2D eigenvalue weighted by molar-refractivity contribution is 0.567. The summed E-state index contributed by atoms with van der Waals surface area (Å²) in [5.74, 6) is -0.906. The molecule has 2 rings (SSSR count). The van der Waals surface area contributed by atoms with Crippen molar-refractivity contribution in [1.82, 2.24) is 4.98 Å². The number of sulfonamides is 1. The Balaban J connectivity index is 2.49. The van der Waals surface area contributed by atoms with Crippen molar-refractivity contribution >= 4 is 53.3 Å². The Morgan fingerprint density at radius 3 is 2.60 bits per heavy atom. The van der Waals surface area contributed by atoms with Crippen LogP contribution in [-0.2, 0) is 10.0 Å². The Morgan fingerprint density at radius 1 is 1.25 bits per heavy atom. The van der Waals surface area contributed by atoms with Crippen molar-refractivity contribution in [2.24, 2.45) is 0 Å². The van der Waals surface area contributed by atoms with Gasteiger partial charge in [-0.25, -0.2) is 12.8 Å². The Morgan fingerprint density at radius 2 is 1.95 bits per heavy atom. The van der Waals surface area contributed by atoms with Crippen LogP contribution in [-0.4, -0.2) is 13.4 Å². The molecule has 1 heterocycles. The van der Waals surface area contributed by atoms with Crippen LogP contribution >= 0.6 is 31.9 Å². The molecule has 106 valence electrons. The van der Waals surface area contributed by atoms with E-state index in [9.17, 15) is 12.8 Å². The smallest absolute Gasteiger partial charge is 0.264 e. The van der Waals surface area contributed by atoms with Crippen molar-refractivity contribution in [3.05, 3.63) is 45.4 Å². The van der Waals surface area contributed by atoms with E-state index in [0.29, 0.717) is 4.47 Å². The van der Waals surface area contributed by atoms with Crippen LogP contribution in [0, 0.1) is 5.82 Å². The molecular weight excluding hydrogens is 417 g/mol. The Hall–Kier alpha value is -1.19. The quantitative estimate of drug-likeness (QED) is 0.741. The molecule has 3 N–H and O–H groups in total. The fraction of sp³-hybridized carbons (Fsp3) is 0. The Bertz CT molecular complexity index is 768. The molecule has 20 heavy (non-hydrogen) atoms. The standard InChI is InChI=1S/C11H8Br2FN3O2S/c12-7-3-6(15)4-10(11(7)14)20(18,19)17-9-1-2-16-5-8(9)13/h1-5H,15H2,(H,16,17). The zero-order valence-corrected chi connectivity index (χ0v) is 13.8. The van der Waals surface area contributed by atoms with Crippen LogP contribution in [0.5, 0.6) is 0 Å². The Labute approximate surface area is 131 Å². The van der Waals surface area contributed by atoms with Gasteiger partial charge in [-0.05, 0) is 50.1 Å². The summed E-state index contributed by atoms with van der Waals surface area (Å²) in [6, 6.07) is 3.79. The summed E-state index contributed by atoms with van der Waals surface area (Å²) in [4.78, 5) is 3.28. The summed E-state index contributed by atoms with van der Waals surface area (Å²) >= 11 is 6.07. The van der Waals surface area contributed by atoms with E-state index in [1.54, 1.807) is 0 Å². The summed E-state index contributed by atoms with van der Waals surface area (Å²) < 4.78 is 41.0. The molecule has 0 saturated heterocycles. The van der Waals surface area contributed by atoms with Crippen molar-refractivity contribution in [2.75, 3.05) is 10.5 Å². The van der Waals surface area contributed by atoms with Crippen LogP contribution < -0.4 is 10.5 Å². The van der Waals surface area contributed by atoms with E-state index < -0.39 is 20.7 Å². The normalized spacial score (nSPS) is 11.3. The minimum atomic E-state index is -4.10. The minimum Gasteiger partial charge on any atom is -0.399 e. The van der Waals surface area contributed by atoms with Gasteiger partial charge in [0.1, 0.15) is 4.90 Å². The van der Waals surface area contributed by atoms with Crippen LogP contribution in [0.4, 0.5) is 15.8 Å². The second-order valence-corrected chi connectivity index (χ2v) is 7.14. The van der Waals surface area contributed by atoms with Crippen molar-refractivity contribution in [2.45, 2.75) is 4.90 Å². The molecule has 5 nitrogen and oxygen atoms in total. The highest BCUT2D eigenvalue weighted by molar-refractivity contribution is 9.10. The van der Waals surface area contributed by atoms with Gasteiger partial charge in [-0.2, -0.15) is 0 Å². The van der Waals surface area contributed by atoms with Crippen molar-refractivity contribution in [1.29, 1.82) is 0 Å². The van der Waals surface area contributed by atoms with E-state index in [1.807, 2.05) is 0 Å². The lowest BCUT2D eigenvalue weighted by Gasteiger charge is -2.11. The van der Waals surface area contributed by atoms with Gasteiger partial charge in [0, 0.05) is 18.1 Å². The molecule has 0 radical (unpaired) electrons. The first kappa shape index (κ1) is 15.2. The molecule has 0 aliphatic carbocycles. The van der Waals surface area contributed by atoms with E-state index in [2.05, 4.69) is 41.6 Å². The van der Waals surface area contributed by atoms with Gasteiger partial charge in [0.25, 0.3) is 10.0 Å². The number of pyridine rings is 1. The predicted molar refractivity (Wildman–Crippen MR) is 81.3 cm³/mol. The van der Waals surface area contributed by atoms with E-state index in [4.69, 9.17) is 5.73 Å². The average Bonchev–Trinajstić information content (AvgIpc) is 2.36. The van der Waals surface area contributed by atoms with Crippen LogP contribution in [0.2, 0.25) is 0 Å². The Kier molecular flexibility index (Phi) is 4.31. The number of nitrogens with two attached hydrogens (primary N) is 1. The molecule has 0 aliphatic heterocycles. The highest BCUT2D eigenvalue weighted by Crippen LogP contribution is 2.29. The number of nitrogen functional groups attached to an aromatic ring is 1. The van der Waals surface area contributed by atoms with Crippen LogP contribution in [0.3, 0.4) is 0 Å². The number of rotatable bonds is 3. The number of halogens is 3. The molecule has 0 unspecified atom stereocenters. The maximum atomic E-state index is 13.9. The molecule has 0 bridgehead atoms. The van der Waals surface area contributed by atoms with Crippen molar-refractivity contribution in [3.63, 3.8) is 0 Å². The molecule has 0 spiro atoms. The highest BCUT2D eigenvalue weighted by Gasteiger charge is 2.22. The van der Waals surface area contributed by atoms with Gasteiger partial charge in [-0.15, -0.1) is 0 Å². The van der Waals surface area contributed by atoms with Gasteiger partial charge in [0.15, 0.2) is 5.82 Å². The molecule has 1 aromatic heterocycles. The summed E-state index contributed by atoms with van der Waals surface area (Å²) in [7, 11) is -4.10. The molecule has 0 saturated carbocycles. The van der Waals surface area contributed by atoms with Crippen molar-refractivity contribution < 1.29 is 12.8 Å². The number of nitrogens with zero attached hydrogens (tertiary/aromatic N) is 1. The molecular formula is C11H8Br2FN3O2S. The monoisotopic (exact) mass is 423 g/mol. The number of hydrogen-bond acceptors (Lipinski definition) is 4. The maximum absolute atomic E-state index is 13.9. The topological polar surface area (TPSA) is 85.1 Å². The molecule has 2 aromatic rings. The number of benzene rings is 1. The van der Waals surface area contributed by atoms with Crippen LogP contribution in [0.1, 0.15) is 0 Å².